The van der Waals surface area contributed by atoms with E-state index >= 15 is 0 Å². The fraction of sp³-hybridized carbons (Fsp3) is 0.360. The Bertz CT molecular complexity index is 1220. The monoisotopic (exact) mass is 479 g/mol. The van der Waals surface area contributed by atoms with E-state index in [1.165, 1.54) is 23.1 Å². The molecule has 0 saturated carbocycles. The molecule has 2 aromatic carbocycles. The largest absolute Gasteiger partial charge is 0.507 e. The summed E-state index contributed by atoms with van der Waals surface area (Å²) in [7, 11) is 0. The number of nitro benzene ring substituents is 1. The summed E-state index contributed by atoms with van der Waals surface area (Å²) in [6.07, 6.45) is 2.16. The molecule has 0 bridgehead atoms. The van der Waals surface area contributed by atoms with Crippen molar-refractivity contribution in [1.29, 1.82) is 0 Å². The van der Waals surface area contributed by atoms with Gasteiger partial charge in [-0.2, -0.15) is 0 Å². The molecule has 0 spiro atoms. The van der Waals surface area contributed by atoms with Crippen molar-refractivity contribution in [3.8, 4) is 11.5 Å². The Labute approximate surface area is 201 Å². The number of rotatable bonds is 6. The number of hydrogen-bond acceptors (Lipinski definition) is 8. The van der Waals surface area contributed by atoms with Gasteiger partial charge in [0.1, 0.15) is 19.0 Å². The van der Waals surface area contributed by atoms with Crippen LogP contribution >= 0.6 is 0 Å². The van der Waals surface area contributed by atoms with Crippen LogP contribution < -0.4 is 9.47 Å². The third-order valence-corrected chi connectivity index (χ3v) is 6.61. The lowest BCUT2D eigenvalue weighted by Gasteiger charge is -2.27. The van der Waals surface area contributed by atoms with Crippen LogP contribution in [0, 0.1) is 10.1 Å². The van der Waals surface area contributed by atoms with Crippen molar-refractivity contribution in [2.75, 3.05) is 39.4 Å². The predicted octanol–water partition coefficient (Wildman–Crippen LogP) is 2.88. The van der Waals surface area contributed by atoms with E-state index in [1.807, 2.05) is 0 Å². The van der Waals surface area contributed by atoms with Crippen molar-refractivity contribution >= 4 is 23.1 Å². The summed E-state index contributed by atoms with van der Waals surface area (Å²) < 4.78 is 11.1. The number of nitro groups is 1. The molecular formula is C25H25N3O7. The number of aliphatic hydroxyl groups is 1. The highest BCUT2D eigenvalue weighted by Gasteiger charge is 2.46. The zero-order valence-corrected chi connectivity index (χ0v) is 19.0. The second kappa shape index (κ2) is 9.38. The van der Waals surface area contributed by atoms with E-state index in [1.54, 1.807) is 24.3 Å². The van der Waals surface area contributed by atoms with Gasteiger partial charge in [-0.1, -0.05) is 12.1 Å². The number of ketones is 1. The molecule has 5 rings (SSSR count). The third kappa shape index (κ3) is 4.32. The molecular weight excluding hydrogens is 454 g/mol. The molecule has 1 unspecified atom stereocenters. The van der Waals surface area contributed by atoms with Gasteiger partial charge in [0.25, 0.3) is 17.4 Å². The van der Waals surface area contributed by atoms with Crippen LogP contribution in [0.3, 0.4) is 0 Å². The van der Waals surface area contributed by atoms with Crippen LogP contribution in [0.2, 0.25) is 0 Å². The summed E-state index contributed by atoms with van der Waals surface area (Å²) in [5, 5.41) is 22.7. The van der Waals surface area contributed by atoms with Gasteiger partial charge in [0.15, 0.2) is 11.5 Å². The fourth-order valence-corrected chi connectivity index (χ4v) is 4.87. The van der Waals surface area contributed by atoms with Gasteiger partial charge >= 0.3 is 0 Å². The Hall–Kier alpha value is -3.92. The van der Waals surface area contributed by atoms with Gasteiger partial charge in [0, 0.05) is 30.8 Å². The summed E-state index contributed by atoms with van der Waals surface area (Å²) in [6, 6.07) is 9.66. The van der Waals surface area contributed by atoms with Gasteiger partial charge in [-0.15, -0.1) is 0 Å². The minimum atomic E-state index is -0.953. The highest BCUT2D eigenvalue weighted by molar-refractivity contribution is 6.46. The predicted molar refractivity (Wildman–Crippen MR) is 125 cm³/mol. The molecule has 1 atom stereocenters. The van der Waals surface area contributed by atoms with Crippen molar-refractivity contribution in [2.45, 2.75) is 18.9 Å². The van der Waals surface area contributed by atoms with Crippen LogP contribution in [0.5, 0.6) is 11.5 Å². The average Bonchev–Trinajstić information content (AvgIpc) is 3.48. The summed E-state index contributed by atoms with van der Waals surface area (Å²) in [5.41, 5.74) is 0.418. The summed E-state index contributed by atoms with van der Waals surface area (Å²) in [5.74, 6) is -0.972. The first-order valence-corrected chi connectivity index (χ1v) is 11.6. The van der Waals surface area contributed by atoms with Crippen molar-refractivity contribution in [2.24, 2.45) is 0 Å². The summed E-state index contributed by atoms with van der Waals surface area (Å²) in [6.45, 7) is 3.43. The number of non-ortho nitro benzene ring substituents is 1. The molecule has 35 heavy (non-hydrogen) atoms. The molecule has 182 valence electrons. The minimum absolute atomic E-state index is 0.103. The van der Waals surface area contributed by atoms with E-state index in [-0.39, 0.29) is 23.6 Å². The third-order valence-electron chi connectivity index (χ3n) is 6.61. The van der Waals surface area contributed by atoms with Crippen LogP contribution in [-0.2, 0) is 9.59 Å². The lowest BCUT2D eigenvalue weighted by Crippen LogP contribution is -2.37. The zero-order valence-electron chi connectivity index (χ0n) is 19.0. The Morgan fingerprint density at radius 1 is 1.03 bits per heavy atom. The lowest BCUT2D eigenvalue weighted by atomic mass is 9.95. The van der Waals surface area contributed by atoms with Gasteiger partial charge in [-0.05, 0) is 49.7 Å². The molecule has 10 nitrogen and oxygen atoms in total. The number of Topliss-reactive ketones (excluding diaryl/α,β-unsaturated/α-hetero) is 1. The number of carbonyl (C=O) groups is 2. The van der Waals surface area contributed by atoms with Gasteiger partial charge in [-0.3, -0.25) is 19.7 Å². The molecule has 2 saturated heterocycles. The molecule has 0 aliphatic carbocycles. The van der Waals surface area contributed by atoms with Gasteiger partial charge in [0.05, 0.1) is 16.5 Å². The number of likely N-dealkylation sites (tertiary alicyclic amines) is 2. The van der Waals surface area contributed by atoms with Crippen molar-refractivity contribution in [1.82, 2.24) is 9.80 Å². The molecule has 0 aromatic heterocycles. The maximum Gasteiger partial charge on any atom is 0.295 e. The molecule has 10 heteroatoms. The number of amides is 1. The maximum atomic E-state index is 13.2. The topological polar surface area (TPSA) is 122 Å². The SMILES string of the molecule is O=C1C(=O)N(CCN2CCCC2)C(c2cccc([N+](=O)[O-])c2)/C1=C(\O)c1ccc2c(c1)OCCO2. The molecule has 2 aromatic rings. The smallest absolute Gasteiger partial charge is 0.295 e. The number of benzene rings is 2. The highest BCUT2D eigenvalue weighted by atomic mass is 16.6. The van der Waals surface area contributed by atoms with Crippen LogP contribution in [0.15, 0.2) is 48.0 Å². The molecule has 1 amide bonds. The van der Waals surface area contributed by atoms with E-state index < -0.39 is 22.7 Å². The van der Waals surface area contributed by atoms with Gasteiger partial charge < -0.3 is 24.4 Å². The second-order valence-corrected chi connectivity index (χ2v) is 8.75. The second-order valence-electron chi connectivity index (χ2n) is 8.75. The number of nitrogens with zero attached hydrogens (tertiary/aromatic N) is 3. The van der Waals surface area contributed by atoms with Crippen molar-refractivity contribution in [3.05, 3.63) is 69.3 Å². The number of carbonyl (C=O) groups excluding carboxylic acids is 2. The van der Waals surface area contributed by atoms with E-state index in [9.17, 15) is 24.8 Å². The minimum Gasteiger partial charge on any atom is -0.507 e. The van der Waals surface area contributed by atoms with Gasteiger partial charge in [0.2, 0.25) is 0 Å². The average molecular weight is 479 g/mol. The number of ether oxygens (including phenoxy) is 2. The maximum absolute atomic E-state index is 13.2. The van der Waals surface area contributed by atoms with Crippen molar-refractivity contribution < 1.29 is 29.1 Å². The van der Waals surface area contributed by atoms with E-state index in [2.05, 4.69) is 4.90 Å². The number of hydrogen-bond donors (Lipinski definition) is 1. The van der Waals surface area contributed by atoms with Gasteiger partial charge in [-0.25, -0.2) is 0 Å². The zero-order chi connectivity index (χ0) is 24.5. The van der Waals surface area contributed by atoms with E-state index in [0.717, 1.165) is 25.9 Å². The number of fused-ring (bicyclic) bond motifs is 1. The quantitative estimate of drug-likeness (QED) is 0.221. The highest BCUT2D eigenvalue weighted by Crippen LogP contribution is 2.41. The Kier molecular flexibility index (Phi) is 6.12. The molecule has 3 heterocycles. The molecule has 1 N–H and O–H groups in total. The Morgan fingerprint density at radius 2 is 1.77 bits per heavy atom. The standard InChI is InChI=1S/C25H25N3O7/c29-23(17-6-7-19-20(15-17)35-13-12-34-19)21-22(16-4-3-5-18(14-16)28(32)33)27(25(31)24(21)30)11-10-26-8-1-2-9-26/h3-7,14-15,22,29H,1-2,8-13H2/b23-21+. The fourth-order valence-electron chi connectivity index (χ4n) is 4.87. The first kappa shape index (κ1) is 22.9. The Morgan fingerprint density at radius 3 is 2.51 bits per heavy atom. The normalized spacial score (nSPS) is 21.5. The number of aliphatic hydroxyl groups excluding tert-OH is 1. The van der Waals surface area contributed by atoms with Crippen LogP contribution in [0.4, 0.5) is 5.69 Å². The van der Waals surface area contributed by atoms with Crippen LogP contribution in [0.25, 0.3) is 5.76 Å². The summed E-state index contributed by atoms with van der Waals surface area (Å²) in [4.78, 5) is 40.8. The van der Waals surface area contributed by atoms with Crippen LogP contribution in [-0.4, -0.2) is 70.9 Å². The molecule has 2 fully saturated rings. The lowest BCUT2D eigenvalue weighted by molar-refractivity contribution is -0.384. The molecule has 0 radical (unpaired) electrons. The molecule has 3 aliphatic heterocycles. The van der Waals surface area contributed by atoms with E-state index in [4.69, 9.17) is 9.47 Å². The van der Waals surface area contributed by atoms with Crippen LogP contribution in [0.1, 0.15) is 30.0 Å². The molecule has 3 aliphatic rings. The first-order chi connectivity index (χ1) is 16.9. The summed E-state index contributed by atoms with van der Waals surface area (Å²) >= 11 is 0. The van der Waals surface area contributed by atoms with Crippen molar-refractivity contribution in [3.63, 3.8) is 0 Å². The van der Waals surface area contributed by atoms with E-state index in [0.29, 0.717) is 42.4 Å². The Balaban J connectivity index is 1.58. The first-order valence-electron chi connectivity index (χ1n) is 11.6.